The van der Waals surface area contributed by atoms with Gasteiger partial charge in [-0.3, -0.25) is 0 Å². The zero-order chi connectivity index (χ0) is 21.2. The number of hydrogen-bond acceptors (Lipinski definition) is 9. The molecule has 2 unspecified atom stereocenters. The van der Waals surface area contributed by atoms with Crippen molar-refractivity contribution in [2.24, 2.45) is 0 Å². The Kier molecular flexibility index (Phi) is 8.01. The summed E-state index contributed by atoms with van der Waals surface area (Å²) in [6.07, 6.45) is -7.15. The molecule has 2 aromatic carbocycles. The summed E-state index contributed by atoms with van der Waals surface area (Å²) < 4.78 is 12.3. The quantitative estimate of drug-likeness (QED) is 0.544. The molecule has 0 heterocycles. The molecule has 0 bridgehead atoms. The molecule has 0 amide bonds. The number of carbonyl (C=O) groups excluding carboxylic acids is 4. The highest BCUT2D eigenvalue weighted by Gasteiger charge is 2.26. The predicted molar refractivity (Wildman–Crippen MR) is 96.4 cm³/mol. The number of aliphatic hydroxyl groups is 2. The van der Waals surface area contributed by atoms with E-state index in [1.54, 1.807) is 60.7 Å². The molecule has 152 valence electrons. The molecule has 2 aromatic rings. The molecule has 2 atom stereocenters. The Morgan fingerprint density at radius 2 is 0.966 bits per heavy atom. The highest BCUT2D eigenvalue weighted by molar-refractivity contribution is 5.92. The van der Waals surface area contributed by atoms with Crippen molar-refractivity contribution >= 4 is 24.2 Å². The largest absolute Gasteiger partial charge is 0.526 e. The van der Waals surface area contributed by atoms with Gasteiger partial charge in [-0.25, -0.2) is 19.2 Å². The van der Waals surface area contributed by atoms with Crippen LogP contribution in [0.25, 0.3) is 0 Å². The average Bonchev–Trinajstić information content (AvgIpc) is 2.69. The van der Waals surface area contributed by atoms with E-state index < -0.39 is 36.5 Å². The van der Waals surface area contributed by atoms with Crippen molar-refractivity contribution in [3.05, 3.63) is 71.8 Å². The fourth-order valence-electron chi connectivity index (χ4n) is 2.25. The second kappa shape index (κ2) is 10.7. The Balaban J connectivity index is 1.75. The molecule has 0 saturated heterocycles. The lowest BCUT2D eigenvalue weighted by Gasteiger charge is -2.10. The van der Waals surface area contributed by atoms with Crippen LogP contribution in [0.5, 0.6) is 0 Å². The smallest absolute Gasteiger partial charge is 0.381 e. The van der Waals surface area contributed by atoms with E-state index in [1.807, 2.05) is 0 Å². The molecule has 9 heteroatoms. The topological polar surface area (TPSA) is 136 Å². The Morgan fingerprint density at radius 3 is 1.31 bits per heavy atom. The van der Waals surface area contributed by atoms with E-state index >= 15 is 0 Å². The van der Waals surface area contributed by atoms with Crippen molar-refractivity contribution in [3.8, 4) is 0 Å². The van der Waals surface area contributed by atoms with Crippen LogP contribution in [-0.4, -0.2) is 46.7 Å². The Hall–Kier alpha value is -3.56. The lowest BCUT2D eigenvalue weighted by Crippen LogP contribution is -2.31. The lowest BCUT2D eigenvalue weighted by atomic mass is 10.1. The lowest BCUT2D eigenvalue weighted by molar-refractivity contribution is -0.150. The fourth-order valence-corrected chi connectivity index (χ4v) is 2.25. The van der Waals surface area contributed by atoms with Crippen molar-refractivity contribution in [3.63, 3.8) is 0 Å². The van der Waals surface area contributed by atoms with Crippen molar-refractivity contribution < 1.29 is 43.6 Å². The van der Waals surface area contributed by atoms with Crippen LogP contribution in [0.1, 0.15) is 11.1 Å². The van der Waals surface area contributed by atoms with Gasteiger partial charge in [0.25, 0.3) is 0 Å². The zero-order valence-electron chi connectivity index (χ0n) is 15.1. The van der Waals surface area contributed by atoms with Gasteiger partial charge in [-0.05, 0) is 11.1 Å². The summed E-state index contributed by atoms with van der Waals surface area (Å²) in [5.41, 5.74) is 1.23. The van der Waals surface area contributed by atoms with Crippen molar-refractivity contribution in [1.82, 2.24) is 0 Å². The van der Waals surface area contributed by atoms with Crippen LogP contribution in [0, 0.1) is 0 Å². The molecule has 29 heavy (non-hydrogen) atoms. The number of esters is 2. The minimum absolute atomic E-state index is 0.123. The van der Waals surface area contributed by atoms with E-state index in [0.717, 1.165) is 0 Å². The van der Waals surface area contributed by atoms with Gasteiger partial charge in [0.1, 0.15) is 0 Å². The average molecular weight is 402 g/mol. The number of ether oxygens (including phenoxy) is 3. The van der Waals surface area contributed by atoms with E-state index in [-0.39, 0.29) is 12.8 Å². The number of benzene rings is 2. The molecule has 0 spiro atoms. The number of aliphatic hydroxyl groups excluding tert-OH is 2. The van der Waals surface area contributed by atoms with Gasteiger partial charge >= 0.3 is 24.2 Å². The van der Waals surface area contributed by atoms with Crippen LogP contribution in [0.2, 0.25) is 0 Å². The molecular formula is C20H18O9. The molecule has 0 saturated carbocycles. The van der Waals surface area contributed by atoms with Gasteiger partial charge in [0.05, 0.1) is 0 Å². The first-order valence-corrected chi connectivity index (χ1v) is 8.48. The predicted octanol–water partition coefficient (Wildman–Crippen LogP) is 1.54. The summed E-state index contributed by atoms with van der Waals surface area (Å²) in [7, 11) is 0. The van der Waals surface area contributed by atoms with Crippen molar-refractivity contribution in [2.75, 3.05) is 0 Å². The highest BCUT2D eigenvalue weighted by atomic mass is 16.8. The van der Waals surface area contributed by atoms with E-state index in [1.165, 1.54) is 0 Å². The van der Waals surface area contributed by atoms with E-state index in [0.29, 0.717) is 11.1 Å². The zero-order valence-corrected chi connectivity index (χ0v) is 15.1. The van der Waals surface area contributed by atoms with Gasteiger partial charge in [-0.15, -0.1) is 0 Å². The van der Waals surface area contributed by atoms with Crippen LogP contribution >= 0.6 is 0 Å². The second-order valence-electron chi connectivity index (χ2n) is 5.86. The Morgan fingerprint density at radius 1 is 0.621 bits per heavy atom. The van der Waals surface area contributed by atoms with Crippen LogP contribution in [0.3, 0.4) is 0 Å². The summed E-state index contributed by atoms with van der Waals surface area (Å²) in [6, 6.07) is 16.9. The maximum atomic E-state index is 11.6. The molecular weight excluding hydrogens is 384 g/mol. The maximum absolute atomic E-state index is 11.6. The third-order valence-corrected chi connectivity index (χ3v) is 3.62. The normalized spacial score (nSPS) is 12.3. The first-order valence-electron chi connectivity index (χ1n) is 8.48. The summed E-state index contributed by atoms with van der Waals surface area (Å²) in [5, 5.41) is 19.5. The van der Waals surface area contributed by atoms with Crippen LogP contribution in [-0.2, 0) is 36.6 Å². The van der Waals surface area contributed by atoms with Crippen molar-refractivity contribution in [1.29, 1.82) is 0 Å². The molecule has 0 radical (unpaired) electrons. The van der Waals surface area contributed by atoms with Gasteiger partial charge in [-0.1, -0.05) is 60.7 Å². The van der Waals surface area contributed by atoms with E-state index in [9.17, 15) is 29.4 Å². The first kappa shape index (κ1) is 21.7. The molecule has 0 aromatic heterocycles. The summed E-state index contributed by atoms with van der Waals surface area (Å²) >= 11 is 0. The van der Waals surface area contributed by atoms with Crippen LogP contribution < -0.4 is 0 Å². The molecule has 0 fully saturated rings. The standard InChI is InChI=1S/C20H18O9/c21-15(11-13-7-3-1-4-8-13)17(23)27-19(25)29-20(26)28-18(24)16(22)12-14-9-5-2-6-10-14/h1-10,15-16,21-22H,11-12H2. The molecule has 2 rings (SSSR count). The molecule has 2 N–H and O–H groups in total. The SMILES string of the molecule is O=C(OC(=O)OC(=O)C(O)Cc1ccccc1)OC(=O)C(O)Cc1ccccc1. The van der Waals surface area contributed by atoms with Crippen LogP contribution in [0.4, 0.5) is 9.59 Å². The van der Waals surface area contributed by atoms with Gasteiger partial charge < -0.3 is 24.4 Å². The van der Waals surface area contributed by atoms with E-state index in [4.69, 9.17) is 0 Å². The highest BCUT2D eigenvalue weighted by Crippen LogP contribution is 2.07. The Bertz CT molecular complexity index is 777. The summed E-state index contributed by atoms with van der Waals surface area (Å²) in [5.74, 6) is -2.69. The minimum Gasteiger partial charge on any atom is -0.381 e. The number of rotatable bonds is 6. The first-order chi connectivity index (χ1) is 13.8. The van der Waals surface area contributed by atoms with Gasteiger partial charge in [0.2, 0.25) is 0 Å². The molecule has 0 aliphatic rings. The molecule has 0 aliphatic heterocycles. The minimum atomic E-state index is -1.78. The summed E-state index contributed by atoms with van der Waals surface area (Å²) in [6.45, 7) is 0. The Labute approximate surface area is 165 Å². The summed E-state index contributed by atoms with van der Waals surface area (Å²) in [4.78, 5) is 46.1. The van der Waals surface area contributed by atoms with Crippen molar-refractivity contribution in [2.45, 2.75) is 25.0 Å². The molecule has 9 nitrogen and oxygen atoms in total. The monoisotopic (exact) mass is 402 g/mol. The van der Waals surface area contributed by atoms with Gasteiger partial charge in [0, 0.05) is 12.8 Å². The van der Waals surface area contributed by atoms with Gasteiger partial charge in [-0.2, -0.15) is 0 Å². The third-order valence-electron chi connectivity index (χ3n) is 3.62. The number of carbonyl (C=O) groups is 4. The maximum Gasteiger partial charge on any atom is 0.526 e. The second-order valence-corrected chi connectivity index (χ2v) is 5.86. The van der Waals surface area contributed by atoms with Crippen LogP contribution in [0.15, 0.2) is 60.7 Å². The molecule has 0 aliphatic carbocycles. The van der Waals surface area contributed by atoms with E-state index in [2.05, 4.69) is 14.2 Å². The fraction of sp³-hybridized carbons (Fsp3) is 0.200. The number of hydrogen-bond donors (Lipinski definition) is 2. The van der Waals surface area contributed by atoms with Gasteiger partial charge in [0.15, 0.2) is 12.2 Å². The third kappa shape index (κ3) is 7.53.